The Kier molecular flexibility index (Phi) is 7.75. The van der Waals surface area contributed by atoms with E-state index in [-0.39, 0.29) is 17.8 Å². The first-order chi connectivity index (χ1) is 14.9. The summed E-state index contributed by atoms with van der Waals surface area (Å²) in [6.45, 7) is 11.9. The third kappa shape index (κ3) is 5.88. The molecule has 164 valence electrons. The van der Waals surface area contributed by atoms with E-state index in [9.17, 15) is 9.18 Å². The Balaban J connectivity index is 1.84. The molecule has 0 bridgehead atoms. The van der Waals surface area contributed by atoms with Crippen molar-refractivity contribution < 1.29 is 14.1 Å². The zero-order valence-corrected chi connectivity index (χ0v) is 19.0. The predicted octanol–water partition coefficient (Wildman–Crippen LogP) is 4.17. The zero-order valence-electron chi connectivity index (χ0n) is 19.0. The number of hydrogen-bond donors (Lipinski definition) is 2. The molecular weight excluding hydrogens is 389 g/mol. The maximum Gasteiger partial charge on any atom is 0.252 e. The van der Waals surface area contributed by atoms with Gasteiger partial charge < -0.3 is 10.2 Å². The van der Waals surface area contributed by atoms with Gasteiger partial charge in [0, 0.05) is 17.0 Å². The molecule has 2 N–H and O–H groups in total. The molecule has 0 spiro atoms. The van der Waals surface area contributed by atoms with Gasteiger partial charge in [0.15, 0.2) is 0 Å². The van der Waals surface area contributed by atoms with E-state index in [4.69, 9.17) is 4.98 Å². The Morgan fingerprint density at radius 1 is 1.10 bits per heavy atom. The third-order valence-electron chi connectivity index (χ3n) is 5.89. The number of aryl methyl sites for hydroxylation is 1. The molecule has 1 heterocycles. The first-order valence-corrected chi connectivity index (χ1v) is 11.2. The number of carbonyl (C=O) groups is 1. The maximum atomic E-state index is 13.4. The number of aromatic nitrogens is 1. The van der Waals surface area contributed by atoms with Crippen LogP contribution in [-0.2, 0) is 0 Å². The monoisotopic (exact) mass is 422 g/mol. The minimum absolute atomic E-state index is 0.0877. The fraction of sp³-hybridized carbons (Fsp3) is 0.385. The van der Waals surface area contributed by atoms with Crippen LogP contribution in [0.5, 0.6) is 0 Å². The SMILES string of the molecule is CC[NH+](CC)CCC[C@H](C)NC(=O)c1cc(-c2ccc(F)cc2)nc2ccc(C)cc12. The molecule has 31 heavy (non-hydrogen) atoms. The van der Waals surface area contributed by atoms with E-state index in [2.05, 4.69) is 26.1 Å². The van der Waals surface area contributed by atoms with Gasteiger partial charge in [-0.3, -0.25) is 4.79 Å². The number of nitrogens with one attached hydrogen (secondary N) is 2. The van der Waals surface area contributed by atoms with Crippen LogP contribution >= 0.6 is 0 Å². The molecule has 2 aromatic carbocycles. The van der Waals surface area contributed by atoms with Crippen molar-refractivity contribution in [3.63, 3.8) is 0 Å². The van der Waals surface area contributed by atoms with Gasteiger partial charge in [-0.1, -0.05) is 11.6 Å². The quantitative estimate of drug-likeness (QED) is 0.544. The van der Waals surface area contributed by atoms with Crippen molar-refractivity contribution in [2.75, 3.05) is 19.6 Å². The number of benzene rings is 2. The second-order valence-corrected chi connectivity index (χ2v) is 8.31. The number of amides is 1. The third-order valence-corrected chi connectivity index (χ3v) is 5.89. The molecule has 0 radical (unpaired) electrons. The lowest BCUT2D eigenvalue weighted by Gasteiger charge is -2.18. The summed E-state index contributed by atoms with van der Waals surface area (Å²) in [5, 5.41) is 4.01. The largest absolute Gasteiger partial charge is 0.350 e. The van der Waals surface area contributed by atoms with Crippen molar-refractivity contribution in [1.29, 1.82) is 0 Å². The summed E-state index contributed by atoms with van der Waals surface area (Å²) < 4.78 is 13.4. The molecule has 1 amide bonds. The van der Waals surface area contributed by atoms with Crippen LogP contribution in [0.2, 0.25) is 0 Å². The van der Waals surface area contributed by atoms with E-state index in [1.54, 1.807) is 17.0 Å². The van der Waals surface area contributed by atoms with Crippen molar-refractivity contribution in [2.45, 2.75) is 46.6 Å². The number of halogens is 1. The van der Waals surface area contributed by atoms with E-state index in [0.717, 1.165) is 54.5 Å². The van der Waals surface area contributed by atoms with Crippen LogP contribution in [0.4, 0.5) is 4.39 Å². The molecule has 3 aromatic rings. The number of quaternary nitrogens is 1. The molecule has 0 saturated heterocycles. The summed E-state index contributed by atoms with van der Waals surface area (Å²) >= 11 is 0. The molecule has 4 nitrogen and oxygen atoms in total. The van der Waals surface area contributed by atoms with Crippen LogP contribution in [0.1, 0.15) is 49.5 Å². The van der Waals surface area contributed by atoms with Gasteiger partial charge in [0.05, 0.1) is 36.4 Å². The molecule has 1 aromatic heterocycles. The molecule has 0 aliphatic heterocycles. The van der Waals surface area contributed by atoms with Crippen molar-refractivity contribution >= 4 is 16.8 Å². The average molecular weight is 423 g/mol. The normalized spacial score (nSPS) is 12.3. The molecule has 0 fully saturated rings. The summed E-state index contributed by atoms with van der Waals surface area (Å²) in [5.74, 6) is -0.387. The smallest absolute Gasteiger partial charge is 0.252 e. The van der Waals surface area contributed by atoms with Gasteiger partial charge in [-0.2, -0.15) is 0 Å². The van der Waals surface area contributed by atoms with E-state index < -0.39 is 0 Å². The second-order valence-electron chi connectivity index (χ2n) is 8.31. The number of fused-ring (bicyclic) bond motifs is 1. The first kappa shape index (κ1) is 22.9. The number of carbonyl (C=O) groups excluding carboxylic acids is 1. The van der Waals surface area contributed by atoms with Gasteiger partial charge in [0.25, 0.3) is 5.91 Å². The van der Waals surface area contributed by atoms with Crippen LogP contribution in [0.25, 0.3) is 22.2 Å². The highest BCUT2D eigenvalue weighted by Gasteiger charge is 2.17. The highest BCUT2D eigenvalue weighted by Crippen LogP contribution is 2.26. The Hall–Kier alpha value is -2.79. The molecule has 0 unspecified atom stereocenters. The van der Waals surface area contributed by atoms with Crippen molar-refractivity contribution in [2.24, 2.45) is 0 Å². The van der Waals surface area contributed by atoms with Gasteiger partial charge in [-0.25, -0.2) is 9.37 Å². The molecule has 3 rings (SSSR count). The van der Waals surface area contributed by atoms with E-state index in [1.165, 1.54) is 12.1 Å². The zero-order chi connectivity index (χ0) is 22.4. The van der Waals surface area contributed by atoms with Crippen LogP contribution in [0, 0.1) is 12.7 Å². The molecular formula is C26H33FN3O+. The van der Waals surface area contributed by atoms with Crippen LogP contribution < -0.4 is 10.2 Å². The maximum absolute atomic E-state index is 13.4. The van der Waals surface area contributed by atoms with E-state index in [0.29, 0.717) is 11.3 Å². The van der Waals surface area contributed by atoms with Crippen molar-refractivity contribution in [3.8, 4) is 11.3 Å². The number of hydrogen-bond acceptors (Lipinski definition) is 2. The molecule has 0 aliphatic carbocycles. The minimum Gasteiger partial charge on any atom is -0.350 e. The lowest BCUT2D eigenvalue weighted by molar-refractivity contribution is -0.896. The van der Waals surface area contributed by atoms with Crippen LogP contribution in [0.3, 0.4) is 0 Å². The van der Waals surface area contributed by atoms with Crippen molar-refractivity contribution in [1.82, 2.24) is 10.3 Å². The highest BCUT2D eigenvalue weighted by atomic mass is 19.1. The van der Waals surface area contributed by atoms with Gasteiger partial charge in [0.1, 0.15) is 5.82 Å². The summed E-state index contributed by atoms with van der Waals surface area (Å²) in [6.07, 6.45) is 2.03. The number of pyridine rings is 1. The topological polar surface area (TPSA) is 46.4 Å². The second kappa shape index (κ2) is 10.5. The van der Waals surface area contributed by atoms with Crippen LogP contribution in [0.15, 0.2) is 48.5 Å². The summed E-state index contributed by atoms with van der Waals surface area (Å²) in [5.41, 5.74) is 3.89. The summed E-state index contributed by atoms with van der Waals surface area (Å²) in [4.78, 5) is 19.5. The fourth-order valence-electron chi connectivity index (χ4n) is 3.93. The van der Waals surface area contributed by atoms with Gasteiger partial charge in [-0.15, -0.1) is 0 Å². The average Bonchev–Trinajstić information content (AvgIpc) is 2.76. The minimum atomic E-state index is -0.293. The molecule has 0 saturated carbocycles. The van der Waals surface area contributed by atoms with Gasteiger partial charge in [-0.05, 0) is 83.0 Å². The Labute approximate surface area is 184 Å². The lowest BCUT2D eigenvalue weighted by Crippen LogP contribution is -3.11. The van der Waals surface area contributed by atoms with Crippen molar-refractivity contribution in [3.05, 3.63) is 65.5 Å². The van der Waals surface area contributed by atoms with E-state index in [1.807, 2.05) is 31.2 Å². The highest BCUT2D eigenvalue weighted by molar-refractivity contribution is 6.07. The van der Waals surface area contributed by atoms with E-state index >= 15 is 0 Å². The Bertz CT molecular complexity index is 1030. The molecule has 1 atom stereocenters. The summed E-state index contributed by atoms with van der Waals surface area (Å²) in [6, 6.07) is 14.0. The Morgan fingerprint density at radius 2 is 1.81 bits per heavy atom. The van der Waals surface area contributed by atoms with Gasteiger partial charge >= 0.3 is 0 Å². The number of nitrogens with zero attached hydrogens (tertiary/aromatic N) is 1. The standard InChI is InChI=1S/C26H32FN3O/c1-5-30(6-2)15-7-8-19(4)28-26(31)23-17-25(20-10-12-21(27)13-11-20)29-24-14-9-18(3)16-22(23)24/h9-14,16-17,19H,5-8,15H2,1-4H3,(H,28,31)/p+1/t19-/m0/s1. The Morgan fingerprint density at radius 3 is 2.48 bits per heavy atom. The predicted molar refractivity (Wildman–Crippen MR) is 125 cm³/mol. The lowest BCUT2D eigenvalue weighted by atomic mass is 10.0. The summed E-state index contributed by atoms with van der Waals surface area (Å²) in [7, 11) is 0. The molecule has 5 heteroatoms. The molecule has 0 aliphatic rings. The van der Waals surface area contributed by atoms with Gasteiger partial charge in [0.2, 0.25) is 0 Å². The number of rotatable bonds is 9. The fourth-order valence-corrected chi connectivity index (χ4v) is 3.93. The van der Waals surface area contributed by atoms with Crippen LogP contribution in [-0.4, -0.2) is 36.6 Å². The first-order valence-electron chi connectivity index (χ1n) is 11.2.